The van der Waals surface area contributed by atoms with E-state index in [0.29, 0.717) is 23.6 Å². The van der Waals surface area contributed by atoms with Gasteiger partial charge in [0.1, 0.15) is 0 Å². The Morgan fingerprint density at radius 3 is 1.82 bits per heavy atom. The van der Waals surface area contributed by atoms with Crippen LogP contribution in [0.2, 0.25) is 0 Å². The van der Waals surface area contributed by atoms with Crippen molar-refractivity contribution in [3.63, 3.8) is 0 Å². The molecule has 2 aromatic rings. The van der Waals surface area contributed by atoms with Crippen LogP contribution in [0.15, 0.2) is 36.4 Å². The number of hydrogen-bond acceptors (Lipinski definition) is 4. The average Bonchev–Trinajstić information content (AvgIpc) is 2.28. The SMILES string of the molecule is NCc1ccc(-c2c(N)cc(N)cc2N)cc1. The first-order chi connectivity index (χ1) is 8.11. The predicted octanol–water partition coefficient (Wildman–Crippen LogP) is 1.56. The van der Waals surface area contributed by atoms with Crippen molar-refractivity contribution >= 4 is 17.1 Å². The summed E-state index contributed by atoms with van der Waals surface area (Å²) in [5, 5.41) is 0. The Labute approximate surface area is 100 Å². The molecule has 0 aromatic heterocycles. The van der Waals surface area contributed by atoms with E-state index in [-0.39, 0.29) is 0 Å². The number of benzene rings is 2. The second-order valence-electron chi connectivity index (χ2n) is 3.98. The van der Waals surface area contributed by atoms with Crippen LogP contribution in [0.4, 0.5) is 17.1 Å². The van der Waals surface area contributed by atoms with Crippen LogP contribution in [0.25, 0.3) is 11.1 Å². The van der Waals surface area contributed by atoms with E-state index < -0.39 is 0 Å². The highest BCUT2D eigenvalue weighted by molar-refractivity contribution is 5.89. The lowest BCUT2D eigenvalue weighted by Gasteiger charge is -2.11. The van der Waals surface area contributed by atoms with Crippen LogP contribution < -0.4 is 22.9 Å². The van der Waals surface area contributed by atoms with E-state index in [1.807, 2.05) is 24.3 Å². The highest BCUT2D eigenvalue weighted by Crippen LogP contribution is 2.33. The molecular weight excluding hydrogens is 212 g/mol. The molecule has 0 saturated carbocycles. The summed E-state index contributed by atoms with van der Waals surface area (Å²) in [6.45, 7) is 0.521. The number of anilines is 3. The van der Waals surface area contributed by atoms with Gasteiger partial charge in [0, 0.05) is 29.2 Å². The van der Waals surface area contributed by atoms with Gasteiger partial charge >= 0.3 is 0 Å². The van der Waals surface area contributed by atoms with Gasteiger partial charge < -0.3 is 22.9 Å². The van der Waals surface area contributed by atoms with Gasteiger partial charge in [0.25, 0.3) is 0 Å². The second kappa shape index (κ2) is 4.35. The van der Waals surface area contributed by atoms with E-state index in [1.54, 1.807) is 12.1 Å². The molecule has 0 aliphatic heterocycles. The van der Waals surface area contributed by atoms with E-state index >= 15 is 0 Å². The summed E-state index contributed by atoms with van der Waals surface area (Å²) in [5.41, 5.74) is 27.7. The first kappa shape index (κ1) is 11.3. The van der Waals surface area contributed by atoms with Crippen molar-refractivity contribution in [3.05, 3.63) is 42.0 Å². The molecule has 2 rings (SSSR count). The van der Waals surface area contributed by atoms with Crippen LogP contribution in [0.3, 0.4) is 0 Å². The van der Waals surface area contributed by atoms with Gasteiger partial charge in [-0.3, -0.25) is 0 Å². The van der Waals surface area contributed by atoms with E-state index in [0.717, 1.165) is 16.7 Å². The Hall–Kier alpha value is -2.20. The summed E-state index contributed by atoms with van der Waals surface area (Å²) in [4.78, 5) is 0. The zero-order valence-electron chi connectivity index (χ0n) is 9.48. The summed E-state index contributed by atoms with van der Waals surface area (Å²) in [6, 6.07) is 11.3. The third-order valence-electron chi connectivity index (χ3n) is 2.70. The lowest BCUT2D eigenvalue weighted by Crippen LogP contribution is -2.00. The minimum absolute atomic E-state index is 0.521. The Morgan fingerprint density at radius 1 is 0.824 bits per heavy atom. The van der Waals surface area contributed by atoms with Gasteiger partial charge in [-0.05, 0) is 23.3 Å². The maximum absolute atomic E-state index is 5.94. The van der Waals surface area contributed by atoms with Crippen molar-refractivity contribution in [1.82, 2.24) is 0 Å². The zero-order chi connectivity index (χ0) is 12.4. The summed E-state index contributed by atoms with van der Waals surface area (Å²) in [5.74, 6) is 0. The molecule has 4 heteroatoms. The molecule has 2 aromatic carbocycles. The molecule has 0 heterocycles. The molecule has 8 N–H and O–H groups in total. The van der Waals surface area contributed by atoms with Crippen LogP contribution >= 0.6 is 0 Å². The number of nitrogen functional groups attached to an aromatic ring is 3. The van der Waals surface area contributed by atoms with Gasteiger partial charge in [0.05, 0.1) is 0 Å². The lowest BCUT2D eigenvalue weighted by molar-refractivity contribution is 1.07. The van der Waals surface area contributed by atoms with Gasteiger partial charge in [-0.2, -0.15) is 0 Å². The van der Waals surface area contributed by atoms with Crippen molar-refractivity contribution in [2.24, 2.45) is 5.73 Å². The summed E-state index contributed by atoms with van der Waals surface area (Å²) in [6.07, 6.45) is 0. The predicted molar refractivity (Wildman–Crippen MR) is 73.0 cm³/mol. The fraction of sp³-hybridized carbons (Fsp3) is 0.0769. The van der Waals surface area contributed by atoms with Gasteiger partial charge in [-0.25, -0.2) is 0 Å². The molecule has 88 valence electrons. The largest absolute Gasteiger partial charge is 0.399 e. The lowest BCUT2D eigenvalue weighted by atomic mass is 10.00. The topological polar surface area (TPSA) is 104 Å². The van der Waals surface area contributed by atoms with Gasteiger partial charge in [-0.15, -0.1) is 0 Å². The molecule has 0 fully saturated rings. The highest BCUT2D eigenvalue weighted by atomic mass is 14.7. The summed E-state index contributed by atoms with van der Waals surface area (Å²) >= 11 is 0. The fourth-order valence-corrected chi connectivity index (χ4v) is 1.85. The van der Waals surface area contributed by atoms with Gasteiger partial charge in [0.2, 0.25) is 0 Å². The molecule has 0 radical (unpaired) electrons. The number of nitrogens with two attached hydrogens (primary N) is 4. The van der Waals surface area contributed by atoms with Crippen LogP contribution in [0, 0.1) is 0 Å². The van der Waals surface area contributed by atoms with Crippen LogP contribution in [0.5, 0.6) is 0 Å². The molecule has 0 aliphatic rings. The first-order valence-corrected chi connectivity index (χ1v) is 5.35. The molecule has 4 nitrogen and oxygen atoms in total. The first-order valence-electron chi connectivity index (χ1n) is 5.35. The smallest absolute Gasteiger partial charge is 0.0435 e. The number of hydrogen-bond donors (Lipinski definition) is 4. The normalized spacial score (nSPS) is 10.4. The maximum Gasteiger partial charge on any atom is 0.0435 e. The van der Waals surface area contributed by atoms with Crippen molar-refractivity contribution in [1.29, 1.82) is 0 Å². The molecule has 0 saturated heterocycles. The summed E-state index contributed by atoms with van der Waals surface area (Å²) < 4.78 is 0. The minimum atomic E-state index is 0.521. The molecule has 0 atom stereocenters. The van der Waals surface area contributed by atoms with E-state index in [9.17, 15) is 0 Å². The fourth-order valence-electron chi connectivity index (χ4n) is 1.85. The molecule has 0 spiro atoms. The van der Waals surface area contributed by atoms with Crippen LogP contribution in [-0.4, -0.2) is 0 Å². The second-order valence-corrected chi connectivity index (χ2v) is 3.98. The van der Waals surface area contributed by atoms with Crippen LogP contribution in [0.1, 0.15) is 5.56 Å². The Morgan fingerprint density at radius 2 is 1.35 bits per heavy atom. The Kier molecular flexibility index (Phi) is 2.89. The van der Waals surface area contributed by atoms with Crippen molar-refractivity contribution < 1.29 is 0 Å². The Balaban J connectivity index is 2.52. The Bertz CT molecular complexity index is 509. The van der Waals surface area contributed by atoms with Crippen molar-refractivity contribution in [3.8, 4) is 11.1 Å². The third-order valence-corrected chi connectivity index (χ3v) is 2.70. The average molecular weight is 228 g/mol. The molecular formula is C13H16N4. The van der Waals surface area contributed by atoms with Crippen LogP contribution in [-0.2, 0) is 6.54 Å². The van der Waals surface area contributed by atoms with Gasteiger partial charge in [-0.1, -0.05) is 24.3 Å². The third kappa shape index (κ3) is 2.16. The van der Waals surface area contributed by atoms with Gasteiger partial charge in [0.15, 0.2) is 0 Å². The van der Waals surface area contributed by atoms with E-state index in [4.69, 9.17) is 22.9 Å². The zero-order valence-corrected chi connectivity index (χ0v) is 9.48. The van der Waals surface area contributed by atoms with E-state index in [1.165, 1.54) is 0 Å². The van der Waals surface area contributed by atoms with E-state index in [2.05, 4.69) is 0 Å². The molecule has 0 unspecified atom stereocenters. The molecule has 0 aliphatic carbocycles. The standard InChI is InChI=1S/C13H16N4/c14-7-8-1-3-9(4-2-8)13-11(16)5-10(15)6-12(13)17/h1-6H,7,14-17H2. The number of rotatable bonds is 2. The monoisotopic (exact) mass is 228 g/mol. The quantitative estimate of drug-likeness (QED) is 0.585. The van der Waals surface area contributed by atoms with Crippen molar-refractivity contribution in [2.75, 3.05) is 17.2 Å². The minimum Gasteiger partial charge on any atom is -0.399 e. The molecule has 0 bridgehead atoms. The van der Waals surface area contributed by atoms with Crippen molar-refractivity contribution in [2.45, 2.75) is 6.54 Å². The maximum atomic E-state index is 5.94. The molecule has 0 amide bonds. The molecule has 17 heavy (non-hydrogen) atoms. The highest BCUT2D eigenvalue weighted by Gasteiger charge is 2.08. The summed E-state index contributed by atoms with van der Waals surface area (Å²) in [7, 11) is 0.